The summed E-state index contributed by atoms with van der Waals surface area (Å²) in [6, 6.07) is 5.56. The zero-order chi connectivity index (χ0) is 15.1. The molecule has 0 heterocycles. The molecule has 0 bridgehead atoms. The van der Waals surface area contributed by atoms with Gasteiger partial charge in [0.2, 0.25) is 0 Å². The summed E-state index contributed by atoms with van der Waals surface area (Å²) in [6.45, 7) is 1.12. The van der Waals surface area contributed by atoms with Gasteiger partial charge in [-0.25, -0.2) is 0 Å². The smallest absolute Gasteiger partial charge is 0.387 e. The maximum atomic E-state index is 12.0. The van der Waals surface area contributed by atoms with E-state index in [1.807, 2.05) is 13.8 Å². The van der Waals surface area contributed by atoms with E-state index in [9.17, 15) is 13.6 Å². The Bertz CT molecular complexity index is 424. The number of amides is 1. The predicted molar refractivity (Wildman–Crippen MR) is 74.5 cm³/mol. The van der Waals surface area contributed by atoms with Crippen molar-refractivity contribution in [3.63, 3.8) is 0 Å². The normalized spacial score (nSPS) is 12.6. The molecule has 112 valence electrons. The minimum absolute atomic E-state index is 0.0167. The summed E-state index contributed by atoms with van der Waals surface area (Å²) in [5, 5.41) is 2.88. The van der Waals surface area contributed by atoms with Crippen molar-refractivity contribution in [2.24, 2.45) is 5.92 Å². The molecule has 0 aliphatic heterocycles. The second kappa shape index (κ2) is 8.04. The van der Waals surface area contributed by atoms with Gasteiger partial charge in [0.25, 0.3) is 5.91 Å². The van der Waals surface area contributed by atoms with Crippen LogP contribution in [0.1, 0.15) is 30.6 Å². The number of nitrogens with one attached hydrogen (secondary N) is 1. The molecular formula is C14H18ClF2NO2. The summed E-state index contributed by atoms with van der Waals surface area (Å²) >= 11 is 5.70. The molecule has 0 saturated carbocycles. The molecule has 1 rings (SSSR count). The van der Waals surface area contributed by atoms with Crippen LogP contribution in [0.2, 0.25) is 0 Å². The van der Waals surface area contributed by atoms with Gasteiger partial charge in [-0.15, -0.1) is 11.6 Å². The molecule has 6 heteroatoms. The highest BCUT2D eigenvalue weighted by molar-refractivity contribution is 6.17. The summed E-state index contributed by atoms with van der Waals surface area (Å²) in [5.41, 5.74) is 0.395. The van der Waals surface area contributed by atoms with Crippen molar-refractivity contribution < 1.29 is 18.3 Å². The fraction of sp³-hybridized carbons (Fsp3) is 0.500. The van der Waals surface area contributed by atoms with Crippen LogP contribution in [0.5, 0.6) is 5.75 Å². The summed E-state index contributed by atoms with van der Waals surface area (Å²) < 4.78 is 28.2. The minimum atomic E-state index is -2.87. The van der Waals surface area contributed by atoms with Gasteiger partial charge in [-0.2, -0.15) is 8.78 Å². The van der Waals surface area contributed by atoms with Gasteiger partial charge in [-0.3, -0.25) is 4.79 Å². The van der Waals surface area contributed by atoms with Crippen molar-refractivity contribution in [2.45, 2.75) is 32.9 Å². The standard InChI is InChI=1S/C14H18ClF2NO2/c1-9(2)12(7-8-15)18-13(19)10-3-5-11(6-4-10)20-14(16)17/h3-6,9,12,14H,7-8H2,1-2H3,(H,18,19). The van der Waals surface area contributed by atoms with Gasteiger partial charge in [0.1, 0.15) is 5.75 Å². The first-order valence-electron chi connectivity index (χ1n) is 6.35. The van der Waals surface area contributed by atoms with Crippen LogP contribution < -0.4 is 10.1 Å². The highest BCUT2D eigenvalue weighted by atomic mass is 35.5. The van der Waals surface area contributed by atoms with E-state index in [1.165, 1.54) is 24.3 Å². The Balaban J connectivity index is 2.67. The number of rotatable bonds is 7. The zero-order valence-electron chi connectivity index (χ0n) is 11.4. The molecule has 0 spiro atoms. The Morgan fingerprint density at radius 3 is 2.35 bits per heavy atom. The zero-order valence-corrected chi connectivity index (χ0v) is 12.2. The SMILES string of the molecule is CC(C)C(CCCl)NC(=O)c1ccc(OC(F)F)cc1. The highest BCUT2D eigenvalue weighted by Gasteiger charge is 2.16. The molecule has 0 aliphatic rings. The molecule has 0 fully saturated rings. The second-order valence-electron chi connectivity index (χ2n) is 4.70. The number of carbonyl (C=O) groups excluding carboxylic acids is 1. The van der Waals surface area contributed by atoms with Crippen molar-refractivity contribution >= 4 is 17.5 Å². The third kappa shape index (κ3) is 5.33. The first-order chi connectivity index (χ1) is 9.43. The summed E-state index contributed by atoms with van der Waals surface area (Å²) in [7, 11) is 0. The largest absolute Gasteiger partial charge is 0.435 e. The van der Waals surface area contributed by atoms with Crippen molar-refractivity contribution in [2.75, 3.05) is 5.88 Å². The maximum Gasteiger partial charge on any atom is 0.387 e. The second-order valence-corrected chi connectivity index (χ2v) is 5.08. The first kappa shape index (κ1) is 16.7. The van der Waals surface area contributed by atoms with Gasteiger partial charge in [-0.1, -0.05) is 13.8 Å². The lowest BCUT2D eigenvalue weighted by Gasteiger charge is -2.21. The number of carbonyl (C=O) groups is 1. The maximum absolute atomic E-state index is 12.0. The summed E-state index contributed by atoms with van der Waals surface area (Å²) in [6.07, 6.45) is 0.678. The lowest BCUT2D eigenvalue weighted by atomic mass is 10.0. The lowest BCUT2D eigenvalue weighted by Crippen LogP contribution is -2.38. The topological polar surface area (TPSA) is 38.3 Å². The Hall–Kier alpha value is -1.36. The van der Waals surface area contributed by atoms with E-state index in [0.29, 0.717) is 17.9 Å². The molecule has 1 unspecified atom stereocenters. The van der Waals surface area contributed by atoms with Gasteiger partial charge in [0.15, 0.2) is 0 Å². The van der Waals surface area contributed by atoms with Gasteiger partial charge in [0, 0.05) is 17.5 Å². The van der Waals surface area contributed by atoms with Crippen molar-refractivity contribution in [1.29, 1.82) is 0 Å². The van der Waals surface area contributed by atoms with E-state index in [-0.39, 0.29) is 23.6 Å². The van der Waals surface area contributed by atoms with E-state index in [0.717, 1.165) is 0 Å². The summed E-state index contributed by atoms with van der Waals surface area (Å²) in [4.78, 5) is 12.0. The van der Waals surface area contributed by atoms with Gasteiger partial charge >= 0.3 is 6.61 Å². The van der Waals surface area contributed by atoms with Crippen LogP contribution in [0.3, 0.4) is 0 Å². The monoisotopic (exact) mass is 305 g/mol. The first-order valence-corrected chi connectivity index (χ1v) is 6.89. The van der Waals surface area contributed by atoms with Crippen LogP contribution in [-0.4, -0.2) is 24.4 Å². The average Bonchev–Trinajstić information content (AvgIpc) is 2.38. The molecule has 1 aromatic rings. The number of hydrogen-bond acceptors (Lipinski definition) is 2. The number of alkyl halides is 3. The molecule has 1 atom stereocenters. The molecule has 0 aromatic heterocycles. The Morgan fingerprint density at radius 1 is 1.30 bits per heavy atom. The van der Waals surface area contributed by atoms with Crippen LogP contribution in [0.25, 0.3) is 0 Å². The van der Waals surface area contributed by atoms with Gasteiger partial charge < -0.3 is 10.1 Å². The molecule has 20 heavy (non-hydrogen) atoms. The van der Waals surface area contributed by atoms with Gasteiger partial charge in [-0.05, 0) is 36.6 Å². The molecule has 0 aliphatic carbocycles. The van der Waals surface area contributed by atoms with E-state index in [2.05, 4.69) is 10.1 Å². The van der Waals surface area contributed by atoms with Crippen molar-refractivity contribution in [3.05, 3.63) is 29.8 Å². The fourth-order valence-corrected chi connectivity index (χ4v) is 1.96. The fourth-order valence-electron chi connectivity index (χ4n) is 1.73. The molecule has 3 nitrogen and oxygen atoms in total. The third-order valence-corrected chi connectivity index (χ3v) is 3.10. The minimum Gasteiger partial charge on any atom is -0.435 e. The Kier molecular flexibility index (Phi) is 6.71. The molecular weight excluding hydrogens is 288 g/mol. The Labute approximate surface area is 122 Å². The van der Waals surface area contributed by atoms with E-state index >= 15 is 0 Å². The van der Waals surface area contributed by atoms with Crippen LogP contribution >= 0.6 is 11.6 Å². The van der Waals surface area contributed by atoms with Crippen molar-refractivity contribution in [3.8, 4) is 5.75 Å². The average molecular weight is 306 g/mol. The number of ether oxygens (including phenoxy) is 1. The van der Waals surface area contributed by atoms with E-state index in [1.54, 1.807) is 0 Å². The van der Waals surface area contributed by atoms with E-state index < -0.39 is 6.61 Å². The summed E-state index contributed by atoms with van der Waals surface area (Å²) in [5.74, 6) is 0.499. The number of halogens is 3. The van der Waals surface area contributed by atoms with Crippen molar-refractivity contribution in [1.82, 2.24) is 5.32 Å². The van der Waals surface area contributed by atoms with Crippen LogP contribution in [-0.2, 0) is 0 Å². The molecule has 1 amide bonds. The van der Waals surface area contributed by atoms with Crippen LogP contribution in [0, 0.1) is 5.92 Å². The predicted octanol–water partition coefficient (Wildman–Crippen LogP) is 3.67. The van der Waals surface area contributed by atoms with Crippen LogP contribution in [0.15, 0.2) is 24.3 Å². The lowest BCUT2D eigenvalue weighted by molar-refractivity contribution is -0.0498. The molecule has 1 aromatic carbocycles. The van der Waals surface area contributed by atoms with Gasteiger partial charge in [0.05, 0.1) is 0 Å². The molecule has 0 saturated heterocycles. The third-order valence-electron chi connectivity index (χ3n) is 2.88. The number of hydrogen-bond donors (Lipinski definition) is 1. The van der Waals surface area contributed by atoms with E-state index in [4.69, 9.17) is 11.6 Å². The molecule has 0 radical (unpaired) electrons. The highest BCUT2D eigenvalue weighted by Crippen LogP contribution is 2.15. The molecule has 1 N–H and O–H groups in total. The Morgan fingerprint density at radius 2 is 1.90 bits per heavy atom. The van der Waals surface area contributed by atoms with Crippen LogP contribution in [0.4, 0.5) is 8.78 Å². The number of benzene rings is 1. The quantitative estimate of drug-likeness (QED) is 0.781.